The van der Waals surface area contributed by atoms with Crippen molar-refractivity contribution in [3.8, 4) is 0 Å². The molecule has 0 saturated heterocycles. The number of carbonyl (C=O) groups is 2. The van der Waals surface area contributed by atoms with Gasteiger partial charge in [-0.25, -0.2) is 12.8 Å². The molecule has 0 bridgehead atoms. The molecule has 0 spiro atoms. The van der Waals surface area contributed by atoms with Crippen LogP contribution < -0.4 is 9.62 Å². The van der Waals surface area contributed by atoms with Crippen LogP contribution in [0.15, 0.2) is 77.7 Å². The molecule has 3 aromatic carbocycles. The predicted molar refractivity (Wildman–Crippen MR) is 151 cm³/mol. The summed E-state index contributed by atoms with van der Waals surface area (Å²) in [6.45, 7) is 8.85. The van der Waals surface area contributed by atoms with E-state index in [0.717, 1.165) is 15.4 Å². The van der Waals surface area contributed by atoms with Crippen molar-refractivity contribution >= 4 is 27.5 Å². The fraction of sp³-hybridized carbons (Fsp3) is 0.333. The van der Waals surface area contributed by atoms with Crippen molar-refractivity contribution in [1.82, 2.24) is 10.2 Å². The molecule has 0 aliphatic carbocycles. The Labute approximate surface area is 230 Å². The van der Waals surface area contributed by atoms with Crippen LogP contribution in [0.2, 0.25) is 0 Å². The van der Waals surface area contributed by atoms with Crippen molar-refractivity contribution < 1.29 is 22.4 Å². The van der Waals surface area contributed by atoms with E-state index in [0.29, 0.717) is 12.2 Å². The van der Waals surface area contributed by atoms with Crippen LogP contribution in [0.25, 0.3) is 0 Å². The lowest BCUT2D eigenvalue weighted by molar-refractivity contribution is -0.139. The molecular formula is C30H36FN3O4S. The van der Waals surface area contributed by atoms with E-state index < -0.39 is 40.2 Å². The second-order valence-electron chi connectivity index (χ2n) is 10.0. The highest BCUT2D eigenvalue weighted by Crippen LogP contribution is 2.26. The highest BCUT2D eigenvalue weighted by atomic mass is 32.2. The van der Waals surface area contributed by atoms with Gasteiger partial charge in [-0.05, 0) is 68.1 Å². The maximum Gasteiger partial charge on any atom is 0.264 e. The summed E-state index contributed by atoms with van der Waals surface area (Å²) in [5.74, 6) is -1.37. The zero-order valence-electron chi connectivity index (χ0n) is 23.0. The van der Waals surface area contributed by atoms with Gasteiger partial charge in [-0.3, -0.25) is 13.9 Å². The Kier molecular flexibility index (Phi) is 9.86. The number of aryl methyl sites for hydroxylation is 2. The molecule has 0 saturated carbocycles. The molecule has 9 heteroatoms. The van der Waals surface area contributed by atoms with Crippen LogP contribution in [0.4, 0.5) is 10.1 Å². The maximum absolute atomic E-state index is 14.6. The number of sulfonamides is 1. The van der Waals surface area contributed by atoms with Crippen molar-refractivity contribution in [1.29, 1.82) is 0 Å². The van der Waals surface area contributed by atoms with Crippen LogP contribution in [-0.2, 0) is 26.2 Å². The number of anilines is 1. The second kappa shape index (κ2) is 12.9. The lowest BCUT2D eigenvalue weighted by Gasteiger charge is -2.32. The first-order valence-electron chi connectivity index (χ1n) is 12.9. The molecular weight excluding hydrogens is 517 g/mol. The van der Waals surface area contributed by atoms with Gasteiger partial charge in [-0.15, -0.1) is 0 Å². The molecule has 2 amide bonds. The normalized spacial score (nSPS) is 12.2. The van der Waals surface area contributed by atoms with Gasteiger partial charge in [0.15, 0.2) is 0 Å². The predicted octanol–water partition coefficient (Wildman–Crippen LogP) is 4.83. The highest BCUT2D eigenvalue weighted by Gasteiger charge is 2.33. The number of rotatable bonds is 11. The van der Waals surface area contributed by atoms with Gasteiger partial charge in [0.25, 0.3) is 10.0 Å². The SMILES string of the molecule is Cc1ccc(N(CC(=O)N(Cc2ccccc2F)[C@@H](C)C(=O)NCC(C)C)S(=O)(=O)c2ccccc2)cc1C. The van der Waals surface area contributed by atoms with Gasteiger partial charge in [0.05, 0.1) is 10.6 Å². The van der Waals surface area contributed by atoms with E-state index in [4.69, 9.17) is 0 Å². The Bertz CT molecular complexity index is 1410. The molecule has 208 valence electrons. The smallest absolute Gasteiger partial charge is 0.264 e. The van der Waals surface area contributed by atoms with Crippen LogP contribution in [0.1, 0.15) is 37.5 Å². The van der Waals surface area contributed by atoms with Crippen molar-refractivity contribution in [3.05, 3.63) is 95.3 Å². The Balaban J connectivity index is 2.03. The number of carbonyl (C=O) groups excluding carboxylic acids is 2. The van der Waals surface area contributed by atoms with Crippen molar-refractivity contribution in [2.24, 2.45) is 5.92 Å². The Morgan fingerprint density at radius 1 is 0.897 bits per heavy atom. The van der Waals surface area contributed by atoms with Crippen molar-refractivity contribution in [3.63, 3.8) is 0 Å². The molecule has 7 nitrogen and oxygen atoms in total. The van der Waals surface area contributed by atoms with Crippen molar-refractivity contribution in [2.45, 2.75) is 52.1 Å². The minimum atomic E-state index is -4.15. The molecule has 0 aliphatic rings. The average Bonchev–Trinajstić information content (AvgIpc) is 2.91. The topological polar surface area (TPSA) is 86.8 Å². The molecule has 0 aromatic heterocycles. The van der Waals surface area contributed by atoms with Gasteiger partial charge in [-0.2, -0.15) is 0 Å². The summed E-state index contributed by atoms with van der Waals surface area (Å²) < 4.78 is 43.2. The molecule has 0 aliphatic heterocycles. The first-order chi connectivity index (χ1) is 18.4. The van der Waals surface area contributed by atoms with E-state index >= 15 is 0 Å². The summed E-state index contributed by atoms with van der Waals surface area (Å²) in [7, 11) is -4.15. The second-order valence-corrected chi connectivity index (χ2v) is 11.9. The third-order valence-electron chi connectivity index (χ3n) is 6.54. The summed E-state index contributed by atoms with van der Waals surface area (Å²) in [4.78, 5) is 28.1. The first kappa shape index (κ1) is 29.8. The largest absolute Gasteiger partial charge is 0.354 e. The summed E-state index contributed by atoms with van der Waals surface area (Å²) in [6.07, 6.45) is 0. The first-order valence-corrected chi connectivity index (χ1v) is 14.3. The van der Waals surface area contributed by atoms with E-state index in [1.54, 1.807) is 49.4 Å². The number of benzene rings is 3. The third kappa shape index (κ3) is 7.44. The number of hydrogen-bond donors (Lipinski definition) is 1. The minimum absolute atomic E-state index is 0.0272. The average molecular weight is 554 g/mol. The monoisotopic (exact) mass is 553 g/mol. The fourth-order valence-corrected chi connectivity index (χ4v) is 5.40. The molecule has 0 radical (unpaired) electrons. The van der Waals surface area contributed by atoms with Gasteiger partial charge in [0, 0.05) is 18.7 Å². The quantitative estimate of drug-likeness (QED) is 0.369. The van der Waals surface area contributed by atoms with Gasteiger partial charge >= 0.3 is 0 Å². The fourth-order valence-electron chi connectivity index (χ4n) is 3.97. The van der Waals surface area contributed by atoms with E-state index in [9.17, 15) is 22.4 Å². The third-order valence-corrected chi connectivity index (χ3v) is 8.33. The molecule has 0 heterocycles. The van der Waals surface area contributed by atoms with Crippen LogP contribution in [0, 0.1) is 25.6 Å². The molecule has 3 rings (SSSR count). The van der Waals surface area contributed by atoms with Crippen LogP contribution >= 0.6 is 0 Å². The Morgan fingerprint density at radius 3 is 2.15 bits per heavy atom. The van der Waals surface area contributed by atoms with Gasteiger partial charge in [0.2, 0.25) is 11.8 Å². The van der Waals surface area contributed by atoms with Crippen LogP contribution in [0.5, 0.6) is 0 Å². The number of nitrogens with one attached hydrogen (secondary N) is 1. The van der Waals surface area contributed by atoms with Gasteiger partial charge < -0.3 is 10.2 Å². The van der Waals surface area contributed by atoms with Crippen molar-refractivity contribution in [2.75, 3.05) is 17.4 Å². The lowest BCUT2D eigenvalue weighted by Crippen LogP contribution is -2.51. The molecule has 0 unspecified atom stereocenters. The standard InChI is InChI=1S/C30H36FN3O4S/c1-21(2)18-32-30(36)24(5)33(19-25-11-9-10-14-28(25)31)29(35)20-34(26-16-15-22(3)23(4)17-26)39(37,38)27-12-7-6-8-13-27/h6-17,21,24H,18-20H2,1-5H3,(H,32,36)/t24-/m0/s1. The highest BCUT2D eigenvalue weighted by molar-refractivity contribution is 7.92. The van der Waals surface area contributed by atoms with Crippen LogP contribution in [-0.4, -0.2) is 44.3 Å². The molecule has 1 atom stereocenters. The summed E-state index contributed by atoms with van der Waals surface area (Å²) >= 11 is 0. The number of hydrogen-bond acceptors (Lipinski definition) is 4. The lowest BCUT2D eigenvalue weighted by atomic mass is 10.1. The molecule has 1 N–H and O–H groups in total. The van der Waals surface area contributed by atoms with Crippen LogP contribution in [0.3, 0.4) is 0 Å². The molecule has 3 aromatic rings. The zero-order chi connectivity index (χ0) is 28.7. The van der Waals surface area contributed by atoms with E-state index in [2.05, 4.69) is 5.32 Å². The Morgan fingerprint density at radius 2 is 1.54 bits per heavy atom. The number of nitrogens with zero attached hydrogens (tertiary/aromatic N) is 2. The summed E-state index contributed by atoms with van der Waals surface area (Å²) in [5.41, 5.74) is 2.37. The summed E-state index contributed by atoms with van der Waals surface area (Å²) in [6, 6.07) is 18.0. The number of halogens is 1. The minimum Gasteiger partial charge on any atom is -0.354 e. The van der Waals surface area contributed by atoms with E-state index in [1.165, 1.54) is 35.2 Å². The maximum atomic E-state index is 14.6. The zero-order valence-corrected chi connectivity index (χ0v) is 23.8. The number of amides is 2. The molecule has 39 heavy (non-hydrogen) atoms. The summed E-state index contributed by atoms with van der Waals surface area (Å²) in [5, 5.41) is 2.81. The van der Waals surface area contributed by atoms with E-state index in [-0.39, 0.29) is 22.9 Å². The molecule has 0 fully saturated rings. The van der Waals surface area contributed by atoms with Gasteiger partial charge in [-0.1, -0.05) is 56.3 Å². The van der Waals surface area contributed by atoms with Gasteiger partial charge in [0.1, 0.15) is 18.4 Å². The Hall–Kier alpha value is -3.72. The van der Waals surface area contributed by atoms with E-state index in [1.807, 2.05) is 27.7 Å².